The number of hydrogen-bond acceptors (Lipinski definition) is 3. The Morgan fingerprint density at radius 3 is 2.85 bits per heavy atom. The van der Waals surface area contributed by atoms with Crippen molar-refractivity contribution < 1.29 is 23.8 Å². The van der Waals surface area contributed by atoms with Crippen molar-refractivity contribution in [3.8, 4) is 5.75 Å². The van der Waals surface area contributed by atoms with Crippen LogP contribution in [0.4, 0.5) is 4.39 Å². The van der Waals surface area contributed by atoms with Gasteiger partial charge in [0, 0.05) is 13.1 Å². The number of benzene rings is 1. The SMILES string of the molecule is COc1ccc(F)cc1C(=O)N1CCCC(C(=O)O)C1. The van der Waals surface area contributed by atoms with E-state index in [0.29, 0.717) is 19.4 Å². The van der Waals surface area contributed by atoms with E-state index in [9.17, 15) is 14.0 Å². The Morgan fingerprint density at radius 2 is 2.20 bits per heavy atom. The van der Waals surface area contributed by atoms with Gasteiger partial charge in [0.05, 0.1) is 18.6 Å². The summed E-state index contributed by atoms with van der Waals surface area (Å²) in [5.74, 6) is -2.11. The number of carbonyl (C=O) groups is 2. The Balaban J connectivity index is 2.22. The summed E-state index contributed by atoms with van der Waals surface area (Å²) in [4.78, 5) is 24.8. The van der Waals surface area contributed by atoms with Crippen molar-refractivity contribution in [2.24, 2.45) is 5.92 Å². The largest absolute Gasteiger partial charge is 0.496 e. The lowest BCUT2D eigenvalue weighted by Gasteiger charge is -2.31. The fraction of sp³-hybridized carbons (Fsp3) is 0.429. The molecule has 1 unspecified atom stereocenters. The highest BCUT2D eigenvalue weighted by Crippen LogP contribution is 2.24. The molecule has 1 aliphatic rings. The van der Waals surface area contributed by atoms with E-state index in [1.54, 1.807) is 0 Å². The first-order valence-corrected chi connectivity index (χ1v) is 6.38. The van der Waals surface area contributed by atoms with Crippen LogP contribution in [-0.4, -0.2) is 42.1 Å². The van der Waals surface area contributed by atoms with Gasteiger partial charge in [0.1, 0.15) is 11.6 Å². The molecule has 0 saturated carbocycles. The van der Waals surface area contributed by atoms with Crippen molar-refractivity contribution in [3.05, 3.63) is 29.6 Å². The molecule has 20 heavy (non-hydrogen) atoms. The van der Waals surface area contributed by atoms with Crippen LogP contribution in [0.3, 0.4) is 0 Å². The lowest BCUT2D eigenvalue weighted by Crippen LogP contribution is -2.42. The minimum atomic E-state index is -0.909. The Kier molecular flexibility index (Phi) is 4.22. The smallest absolute Gasteiger partial charge is 0.308 e. The van der Waals surface area contributed by atoms with E-state index in [4.69, 9.17) is 9.84 Å². The number of piperidine rings is 1. The lowest BCUT2D eigenvalue weighted by atomic mass is 9.97. The molecule has 5 nitrogen and oxygen atoms in total. The fourth-order valence-corrected chi connectivity index (χ4v) is 2.38. The third-order valence-electron chi connectivity index (χ3n) is 3.45. The summed E-state index contributed by atoms with van der Waals surface area (Å²) in [6.45, 7) is 0.621. The summed E-state index contributed by atoms with van der Waals surface area (Å²) in [6.07, 6.45) is 1.18. The van der Waals surface area contributed by atoms with Crippen LogP contribution in [0.15, 0.2) is 18.2 Å². The predicted octanol–water partition coefficient (Wildman–Crippen LogP) is 1.77. The molecule has 1 heterocycles. The second-order valence-electron chi connectivity index (χ2n) is 4.77. The maximum Gasteiger partial charge on any atom is 0.308 e. The fourth-order valence-electron chi connectivity index (χ4n) is 2.38. The highest BCUT2D eigenvalue weighted by atomic mass is 19.1. The summed E-state index contributed by atoms with van der Waals surface area (Å²) >= 11 is 0. The second-order valence-corrected chi connectivity index (χ2v) is 4.77. The molecular formula is C14H16FNO4. The summed E-state index contributed by atoms with van der Waals surface area (Å²) in [7, 11) is 1.40. The number of methoxy groups -OCH3 is 1. The molecule has 1 N–H and O–H groups in total. The molecule has 1 amide bonds. The molecule has 1 saturated heterocycles. The van der Waals surface area contributed by atoms with Crippen LogP contribution in [0.25, 0.3) is 0 Å². The average Bonchev–Trinajstić information content (AvgIpc) is 2.46. The molecule has 1 fully saturated rings. The molecule has 1 aromatic rings. The van der Waals surface area contributed by atoms with E-state index < -0.39 is 23.6 Å². The van der Waals surface area contributed by atoms with Crippen molar-refractivity contribution in [1.29, 1.82) is 0 Å². The maximum absolute atomic E-state index is 13.3. The van der Waals surface area contributed by atoms with Gasteiger partial charge in [0.25, 0.3) is 5.91 Å². The van der Waals surface area contributed by atoms with Crippen LogP contribution >= 0.6 is 0 Å². The number of likely N-dealkylation sites (tertiary alicyclic amines) is 1. The van der Waals surface area contributed by atoms with Gasteiger partial charge in [0.2, 0.25) is 0 Å². The predicted molar refractivity (Wildman–Crippen MR) is 69.2 cm³/mol. The number of nitrogens with zero attached hydrogens (tertiary/aromatic N) is 1. The third kappa shape index (κ3) is 2.89. The highest BCUT2D eigenvalue weighted by molar-refractivity contribution is 5.97. The van der Waals surface area contributed by atoms with Crippen molar-refractivity contribution >= 4 is 11.9 Å². The zero-order valence-electron chi connectivity index (χ0n) is 11.1. The summed E-state index contributed by atoms with van der Waals surface area (Å²) < 4.78 is 18.4. The van der Waals surface area contributed by atoms with Crippen molar-refractivity contribution in [2.75, 3.05) is 20.2 Å². The molecule has 0 aromatic heterocycles. The highest BCUT2D eigenvalue weighted by Gasteiger charge is 2.29. The molecule has 108 valence electrons. The standard InChI is InChI=1S/C14H16FNO4/c1-20-12-5-4-10(15)7-11(12)13(17)16-6-2-3-9(8-16)14(18)19/h4-5,7,9H,2-3,6,8H2,1H3,(H,18,19). The molecule has 2 rings (SSSR count). The van der Waals surface area contributed by atoms with Gasteiger partial charge in [0.15, 0.2) is 0 Å². The molecule has 0 radical (unpaired) electrons. The zero-order valence-corrected chi connectivity index (χ0v) is 11.1. The van der Waals surface area contributed by atoms with Crippen LogP contribution in [0.1, 0.15) is 23.2 Å². The van der Waals surface area contributed by atoms with E-state index >= 15 is 0 Å². The van der Waals surface area contributed by atoms with Crippen LogP contribution in [0.5, 0.6) is 5.75 Å². The molecule has 6 heteroatoms. The van der Waals surface area contributed by atoms with Crippen LogP contribution in [0.2, 0.25) is 0 Å². The molecule has 0 spiro atoms. The number of amides is 1. The van der Waals surface area contributed by atoms with Gasteiger partial charge < -0.3 is 14.7 Å². The Labute approximate surface area is 116 Å². The van der Waals surface area contributed by atoms with E-state index in [1.165, 1.54) is 24.1 Å². The number of carbonyl (C=O) groups excluding carboxylic acids is 1. The van der Waals surface area contributed by atoms with E-state index in [-0.39, 0.29) is 17.9 Å². The van der Waals surface area contributed by atoms with Crippen molar-refractivity contribution in [2.45, 2.75) is 12.8 Å². The summed E-state index contributed by atoms with van der Waals surface area (Å²) in [5.41, 5.74) is 0.124. The number of carboxylic acids is 1. The van der Waals surface area contributed by atoms with Crippen LogP contribution in [-0.2, 0) is 4.79 Å². The lowest BCUT2D eigenvalue weighted by molar-refractivity contribution is -0.143. The van der Waals surface area contributed by atoms with Gasteiger partial charge in [-0.25, -0.2) is 4.39 Å². The van der Waals surface area contributed by atoms with Crippen LogP contribution < -0.4 is 4.74 Å². The van der Waals surface area contributed by atoms with E-state index in [1.807, 2.05) is 0 Å². The van der Waals surface area contributed by atoms with E-state index in [2.05, 4.69) is 0 Å². The summed E-state index contributed by atoms with van der Waals surface area (Å²) in [6, 6.07) is 3.72. The number of aliphatic carboxylic acids is 1. The molecule has 0 bridgehead atoms. The molecule has 1 aliphatic heterocycles. The Bertz CT molecular complexity index is 532. The quantitative estimate of drug-likeness (QED) is 0.917. The topological polar surface area (TPSA) is 66.8 Å². The van der Waals surface area contributed by atoms with Crippen molar-refractivity contribution in [3.63, 3.8) is 0 Å². The maximum atomic E-state index is 13.3. The van der Waals surface area contributed by atoms with Gasteiger partial charge in [-0.05, 0) is 31.0 Å². The normalized spacial score (nSPS) is 18.7. The molecule has 1 aromatic carbocycles. The van der Waals surface area contributed by atoms with Gasteiger partial charge in [-0.3, -0.25) is 9.59 Å². The number of carboxylic acid groups (broad SMARTS) is 1. The van der Waals surface area contributed by atoms with Gasteiger partial charge in [-0.2, -0.15) is 0 Å². The molecule has 0 aliphatic carbocycles. The number of ether oxygens (including phenoxy) is 1. The minimum absolute atomic E-state index is 0.124. The van der Waals surface area contributed by atoms with Gasteiger partial charge >= 0.3 is 5.97 Å². The third-order valence-corrected chi connectivity index (χ3v) is 3.45. The van der Waals surface area contributed by atoms with Gasteiger partial charge in [-0.15, -0.1) is 0 Å². The minimum Gasteiger partial charge on any atom is -0.496 e. The number of hydrogen-bond donors (Lipinski definition) is 1. The first-order chi connectivity index (χ1) is 9.52. The average molecular weight is 281 g/mol. The number of halogens is 1. The second kappa shape index (κ2) is 5.90. The zero-order chi connectivity index (χ0) is 14.7. The van der Waals surface area contributed by atoms with Crippen molar-refractivity contribution in [1.82, 2.24) is 4.90 Å². The first kappa shape index (κ1) is 14.3. The first-order valence-electron chi connectivity index (χ1n) is 6.38. The van der Waals surface area contributed by atoms with Gasteiger partial charge in [-0.1, -0.05) is 0 Å². The number of rotatable bonds is 3. The van der Waals surface area contributed by atoms with E-state index in [0.717, 1.165) is 6.07 Å². The Morgan fingerprint density at radius 1 is 1.45 bits per heavy atom. The molecule has 1 atom stereocenters. The molecular weight excluding hydrogens is 265 g/mol. The van der Waals surface area contributed by atoms with Crippen LogP contribution in [0, 0.1) is 11.7 Å². The summed E-state index contributed by atoms with van der Waals surface area (Å²) in [5, 5.41) is 9.03. The Hall–Kier alpha value is -2.11. The monoisotopic (exact) mass is 281 g/mol.